The Hall–Kier alpha value is -6.78. The second kappa shape index (κ2) is 11.4. The molecule has 0 N–H and O–H groups in total. The SMILES string of the molecule is c1ccc(-c2cc(-c3ccc4oc5ccccc5c4c3)cc(-c3cc(-c4cccc5oc6ccccc6c45)nc(-c4ccccc4)n3)c2)cc1. The van der Waals surface area contributed by atoms with Crippen LogP contribution in [-0.4, -0.2) is 9.97 Å². The molecule has 0 saturated carbocycles. The Balaban J connectivity index is 1.22. The molecule has 0 bridgehead atoms. The maximum atomic E-state index is 6.28. The van der Waals surface area contributed by atoms with Gasteiger partial charge in [-0.05, 0) is 76.9 Å². The second-order valence-corrected chi connectivity index (χ2v) is 12.6. The molecule has 0 atom stereocenters. The molecule has 10 rings (SSSR count). The van der Waals surface area contributed by atoms with Gasteiger partial charge in [-0.1, -0.05) is 115 Å². The van der Waals surface area contributed by atoms with Crippen molar-refractivity contribution in [3.05, 3.63) is 170 Å². The van der Waals surface area contributed by atoms with Gasteiger partial charge in [-0.25, -0.2) is 9.97 Å². The fourth-order valence-electron chi connectivity index (χ4n) is 7.08. The lowest BCUT2D eigenvalue weighted by atomic mass is 9.93. The van der Waals surface area contributed by atoms with Crippen LogP contribution in [0.4, 0.5) is 0 Å². The third-order valence-corrected chi connectivity index (χ3v) is 9.48. The molecule has 7 aromatic carbocycles. The van der Waals surface area contributed by atoms with Crippen LogP contribution in [0.3, 0.4) is 0 Å². The lowest BCUT2D eigenvalue weighted by Crippen LogP contribution is -1.97. The molecule has 0 saturated heterocycles. The summed E-state index contributed by atoms with van der Waals surface area (Å²) in [4.78, 5) is 10.4. The number of furan rings is 2. The zero-order valence-corrected chi connectivity index (χ0v) is 26.9. The van der Waals surface area contributed by atoms with Crippen LogP contribution in [0.2, 0.25) is 0 Å². The summed E-state index contributed by atoms with van der Waals surface area (Å²) in [6.45, 7) is 0. The van der Waals surface area contributed by atoms with E-state index < -0.39 is 0 Å². The maximum Gasteiger partial charge on any atom is 0.160 e. The molecular formula is C46H28N2O2. The molecule has 0 aliphatic rings. The summed E-state index contributed by atoms with van der Waals surface area (Å²) in [6.07, 6.45) is 0. The summed E-state index contributed by atoms with van der Waals surface area (Å²) < 4.78 is 12.4. The molecular weight excluding hydrogens is 613 g/mol. The summed E-state index contributed by atoms with van der Waals surface area (Å²) in [5, 5.41) is 4.32. The number of benzene rings is 7. The summed E-state index contributed by atoms with van der Waals surface area (Å²) in [7, 11) is 0. The molecule has 0 radical (unpaired) electrons. The zero-order valence-electron chi connectivity index (χ0n) is 26.9. The van der Waals surface area contributed by atoms with Gasteiger partial charge in [0.2, 0.25) is 0 Å². The first-order chi connectivity index (χ1) is 24.7. The van der Waals surface area contributed by atoms with Gasteiger partial charge in [-0.2, -0.15) is 0 Å². The fraction of sp³-hybridized carbons (Fsp3) is 0. The Bertz CT molecular complexity index is 2870. The summed E-state index contributed by atoms with van der Waals surface area (Å²) in [6, 6.07) is 58.6. The minimum atomic E-state index is 0.667. The van der Waals surface area contributed by atoms with Crippen LogP contribution >= 0.6 is 0 Å². The van der Waals surface area contributed by atoms with Crippen molar-refractivity contribution in [2.75, 3.05) is 0 Å². The Labute approximate surface area is 287 Å². The average molecular weight is 641 g/mol. The number of hydrogen-bond donors (Lipinski definition) is 0. The molecule has 0 aliphatic carbocycles. The zero-order chi connectivity index (χ0) is 33.0. The number of aromatic nitrogens is 2. The van der Waals surface area contributed by atoms with E-state index in [-0.39, 0.29) is 0 Å². The third-order valence-electron chi connectivity index (χ3n) is 9.48. The molecule has 0 aliphatic heterocycles. The van der Waals surface area contributed by atoms with Crippen LogP contribution in [0.5, 0.6) is 0 Å². The normalized spacial score (nSPS) is 11.6. The Morgan fingerprint density at radius 2 is 0.900 bits per heavy atom. The fourth-order valence-corrected chi connectivity index (χ4v) is 7.08. The maximum absolute atomic E-state index is 6.28. The van der Waals surface area contributed by atoms with Crippen LogP contribution in [0.15, 0.2) is 179 Å². The molecule has 0 fully saturated rings. The van der Waals surface area contributed by atoms with Gasteiger partial charge in [0.1, 0.15) is 22.3 Å². The van der Waals surface area contributed by atoms with Crippen LogP contribution < -0.4 is 0 Å². The van der Waals surface area contributed by atoms with Gasteiger partial charge in [0.25, 0.3) is 0 Å². The van der Waals surface area contributed by atoms with E-state index in [0.29, 0.717) is 5.82 Å². The summed E-state index contributed by atoms with van der Waals surface area (Å²) in [5.41, 5.74) is 12.5. The lowest BCUT2D eigenvalue weighted by Gasteiger charge is -2.13. The number of fused-ring (bicyclic) bond motifs is 6. The Morgan fingerprint density at radius 3 is 1.70 bits per heavy atom. The van der Waals surface area contributed by atoms with Gasteiger partial charge >= 0.3 is 0 Å². The molecule has 50 heavy (non-hydrogen) atoms. The van der Waals surface area contributed by atoms with Crippen molar-refractivity contribution in [1.29, 1.82) is 0 Å². The van der Waals surface area contributed by atoms with Crippen LogP contribution in [0.1, 0.15) is 0 Å². The van der Waals surface area contributed by atoms with Crippen molar-refractivity contribution in [2.24, 2.45) is 0 Å². The average Bonchev–Trinajstić information content (AvgIpc) is 3.76. The molecule has 234 valence electrons. The summed E-state index contributed by atoms with van der Waals surface area (Å²) >= 11 is 0. The molecule has 4 nitrogen and oxygen atoms in total. The molecule has 0 spiro atoms. The molecule has 0 unspecified atom stereocenters. The highest BCUT2D eigenvalue weighted by molar-refractivity contribution is 6.12. The minimum absolute atomic E-state index is 0.667. The predicted octanol–water partition coefficient (Wildman–Crippen LogP) is 12.6. The summed E-state index contributed by atoms with van der Waals surface area (Å²) in [5.74, 6) is 0.667. The number of hydrogen-bond acceptors (Lipinski definition) is 4. The van der Waals surface area contributed by atoms with Gasteiger partial charge in [0.05, 0.1) is 11.4 Å². The van der Waals surface area contributed by atoms with Crippen LogP contribution in [0, 0.1) is 0 Å². The Kier molecular flexibility index (Phi) is 6.46. The first-order valence-corrected chi connectivity index (χ1v) is 16.7. The van der Waals surface area contributed by atoms with Crippen molar-refractivity contribution in [3.8, 4) is 56.2 Å². The number of rotatable bonds is 5. The smallest absolute Gasteiger partial charge is 0.160 e. The minimum Gasteiger partial charge on any atom is -0.456 e. The van der Waals surface area contributed by atoms with Gasteiger partial charge in [-0.15, -0.1) is 0 Å². The van der Waals surface area contributed by atoms with Gasteiger partial charge in [0, 0.05) is 38.2 Å². The van der Waals surface area contributed by atoms with Crippen LogP contribution in [-0.2, 0) is 0 Å². The highest BCUT2D eigenvalue weighted by atomic mass is 16.3. The van der Waals surface area contributed by atoms with E-state index in [9.17, 15) is 0 Å². The van der Waals surface area contributed by atoms with E-state index in [2.05, 4.69) is 115 Å². The van der Waals surface area contributed by atoms with E-state index >= 15 is 0 Å². The van der Waals surface area contributed by atoms with E-state index in [1.54, 1.807) is 0 Å². The van der Waals surface area contributed by atoms with Crippen molar-refractivity contribution in [1.82, 2.24) is 9.97 Å². The largest absolute Gasteiger partial charge is 0.456 e. The molecule has 3 heterocycles. The van der Waals surface area contributed by atoms with Gasteiger partial charge in [0.15, 0.2) is 5.82 Å². The highest BCUT2D eigenvalue weighted by Gasteiger charge is 2.18. The Morgan fingerprint density at radius 1 is 0.320 bits per heavy atom. The quantitative estimate of drug-likeness (QED) is 0.188. The molecule has 3 aromatic heterocycles. The lowest BCUT2D eigenvalue weighted by molar-refractivity contribution is 0.668. The van der Waals surface area contributed by atoms with E-state index in [1.165, 1.54) is 0 Å². The molecule has 0 amide bonds. The van der Waals surface area contributed by atoms with E-state index in [0.717, 1.165) is 94.2 Å². The monoisotopic (exact) mass is 640 g/mol. The highest BCUT2D eigenvalue weighted by Crippen LogP contribution is 2.40. The first kappa shape index (κ1) is 28.3. The number of para-hydroxylation sites is 2. The van der Waals surface area contributed by atoms with E-state index in [1.807, 2.05) is 54.6 Å². The van der Waals surface area contributed by atoms with E-state index in [4.69, 9.17) is 18.8 Å². The third kappa shape index (κ3) is 4.77. The molecule has 4 heteroatoms. The van der Waals surface area contributed by atoms with Crippen molar-refractivity contribution in [3.63, 3.8) is 0 Å². The van der Waals surface area contributed by atoms with Gasteiger partial charge < -0.3 is 8.83 Å². The van der Waals surface area contributed by atoms with Crippen molar-refractivity contribution in [2.45, 2.75) is 0 Å². The number of nitrogens with zero attached hydrogens (tertiary/aromatic N) is 2. The van der Waals surface area contributed by atoms with Gasteiger partial charge in [-0.3, -0.25) is 0 Å². The predicted molar refractivity (Wildman–Crippen MR) is 204 cm³/mol. The molecule has 10 aromatic rings. The van der Waals surface area contributed by atoms with Crippen LogP contribution in [0.25, 0.3) is 100 Å². The van der Waals surface area contributed by atoms with Crippen molar-refractivity contribution >= 4 is 43.9 Å². The standard InChI is InChI=1S/C46H28N2O2/c1-3-12-29(13-4-1)32-24-33(31-22-23-43-38(27-31)35-16-7-9-19-41(35)49-43)26-34(25-32)39-28-40(48-46(47-39)30-14-5-2-6-15-30)36-18-11-21-44-45(36)37-17-8-10-20-42(37)50-44/h1-28H. The topological polar surface area (TPSA) is 52.1 Å². The first-order valence-electron chi connectivity index (χ1n) is 16.7. The second-order valence-electron chi connectivity index (χ2n) is 12.6. The van der Waals surface area contributed by atoms with Crippen molar-refractivity contribution < 1.29 is 8.83 Å².